The molecule has 1 aromatic rings. The molecule has 106 valence electrons. The molecule has 0 aliphatic carbocycles. The Bertz CT molecular complexity index is 410. The lowest BCUT2D eigenvalue weighted by atomic mass is 10.2. The van der Waals surface area contributed by atoms with Crippen LogP contribution in [0.25, 0.3) is 0 Å². The Morgan fingerprint density at radius 3 is 2.68 bits per heavy atom. The minimum atomic E-state index is -0.118. The molecule has 0 saturated heterocycles. The summed E-state index contributed by atoms with van der Waals surface area (Å²) >= 11 is 6.09. The number of amides is 1. The first-order valence-electron chi connectivity index (χ1n) is 6.86. The number of unbranched alkanes of at least 4 members (excludes halogenated alkanes) is 2. The van der Waals surface area contributed by atoms with Crippen LogP contribution >= 0.6 is 11.6 Å². The van der Waals surface area contributed by atoms with E-state index in [1.54, 1.807) is 12.3 Å². The van der Waals surface area contributed by atoms with Gasteiger partial charge < -0.3 is 10.6 Å². The standard InChI is InChI=1S/C14H22ClN3O/c1-3-5-6-8-17-14(19)11-9-12(15)13(18-10-11)16-7-4-2/h9-10H,3-8H2,1-2H3,(H,16,18)(H,17,19). The lowest BCUT2D eigenvalue weighted by Gasteiger charge is -2.08. The van der Waals surface area contributed by atoms with E-state index in [4.69, 9.17) is 11.6 Å². The zero-order valence-corrected chi connectivity index (χ0v) is 12.4. The normalized spacial score (nSPS) is 10.3. The molecule has 4 nitrogen and oxygen atoms in total. The maximum atomic E-state index is 11.9. The fraction of sp³-hybridized carbons (Fsp3) is 0.571. The van der Waals surface area contributed by atoms with Crippen molar-refractivity contribution in [3.8, 4) is 0 Å². The molecule has 1 rings (SSSR count). The van der Waals surface area contributed by atoms with E-state index in [1.807, 2.05) is 0 Å². The first-order chi connectivity index (χ1) is 9.19. The Kier molecular flexibility index (Phi) is 7.26. The lowest BCUT2D eigenvalue weighted by Crippen LogP contribution is -2.24. The smallest absolute Gasteiger partial charge is 0.252 e. The van der Waals surface area contributed by atoms with Crippen molar-refractivity contribution < 1.29 is 4.79 Å². The van der Waals surface area contributed by atoms with Gasteiger partial charge >= 0.3 is 0 Å². The maximum absolute atomic E-state index is 11.9. The van der Waals surface area contributed by atoms with E-state index >= 15 is 0 Å². The van der Waals surface area contributed by atoms with Gasteiger partial charge in [0, 0.05) is 19.3 Å². The molecule has 1 aromatic heterocycles. The second-order valence-electron chi connectivity index (χ2n) is 4.44. The molecule has 0 aliphatic heterocycles. The average molecular weight is 284 g/mol. The van der Waals surface area contributed by atoms with Crippen LogP contribution in [0.15, 0.2) is 12.3 Å². The third-order valence-corrected chi connectivity index (χ3v) is 3.00. The number of rotatable bonds is 8. The number of nitrogens with one attached hydrogen (secondary N) is 2. The molecule has 1 amide bonds. The molecule has 0 spiro atoms. The molecule has 0 aliphatic rings. The number of aromatic nitrogens is 1. The van der Waals surface area contributed by atoms with E-state index in [1.165, 1.54) is 0 Å². The monoisotopic (exact) mass is 283 g/mol. The highest BCUT2D eigenvalue weighted by Gasteiger charge is 2.09. The van der Waals surface area contributed by atoms with Gasteiger partial charge in [0.25, 0.3) is 5.91 Å². The Balaban J connectivity index is 2.54. The minimum Gasteiger partial charge on any atom is -0.369 e. The summed E-state index contributed by atoms with van der Waals surface area (Å²) in [5, 5.41) is 6.46. The molecule has 0 bridgehead atoms. The maximum Gasteiger partial charge on any atom is 0.252 e. The molecular weight excluding hydrogens is 262 g/mol. The van der Waals surface area contributed by atoms with Gasteiger partial charge in [0.15, 0.2) is 0 Å². The molecule has 2 N–H and O–H groups in total. The SMILES string of the molecule is CCCCCNC(=O)c1cnc(NCCC)c(Cl)c1. The van der Waals surface area contributed by atoms with Gasteiger partial charge in [0.05, 0.1) is 10.6 Å². The van der Waals surface area contributed by atoms with Crippen LogP contribution in [0.4, 0.5) is 5.82 Å². The largest absolute Gasteiger partial charge is 0.369 e. The van der Waals surface area contributed by atoms with Crippen LogP contribution in [0, 0.1) is 0 Å². The summed E-state index contributed by atoms with van der Waals surface area (Å²) in [5.41, 5.74) is 0.503. The minimum absolute atomic E-state index is 0.118. The molecule has 0 saturated carbocycles. The Morgan fingerprint density at radius 2 is 2.05 bits per heavy atom. The number of hydrogen-bond acceptors (Lipinski definition) is 3. The number of halogens is 1. The van der Waals surface area contributed by atoms with E-state index in [-0.39, 0.29) is 5.91 Å². The highest BCUT2D eigenvalue weighted by atomic mass is 35.5. The fourth-order valence-corrected chi connectivity index (χ4v) is 1.85. The Morgan fingerprint density at radius 1 is 1.26 bits per heavy atom. The molecule has 0 atom stereocenters. The van der Waals surface area contributed by atoms with Crippen molar-refractivity contribution in [2.24, 2.45) is 0 Å². The van der Waals surface area contributed by atoms with Crippen LogP contribution in [0.5, 0.6) is 0 Å². The van der Waals surface area contributed by atoms with Crippen molar-refractivity contribution in [2.45, 2.75) is 39.5 Å². The van der Waals surface area contributed by atoms with Gasteiger partial charge in [-0.1, -0.05) is 38.3 Å². The van der Waals surface area contributed by atoms with Gasteiger partial charge in [-0.2, -0.15) is 0 Å². The number of carbonyl (C=O) groups excluding carboxylic acids is 1. The van der Waals surface area contributed by atoms with Gasteiger partial charge in [0.1, 0.15) is 5.82 Å². The second kappa shape index (κ2) is 8.75. The molecule has 1 heterocycles. The summed E-state index contributed by atoms with van der Waals surface area (Å²) in [7, 11) is 0. The summed E-state index contributed by atoms with van der Waals surface area (Å²) in [6, 6.07) is 1.65. The van der Waals surface area contributed by atoms with Crippen molar-refractivity contribution in [1.29, 1.82) is 0 Å². The van der Waals surface area contributed by atoms with Gasteiger partial charge in [-0.3, -0.25) is 4.79 Å². The first-order valence-corrected chi connectivity index (χ1v) is 7.24. The lowest BCUT2D eigenvalue weighted by molar-refractivity contribution is 0.0952. The van der Waals surface area contributed by atoms with Crippen molar-refractivity contribution >= 4 is 23.3 Å². The number of nitrogens with zero attached hydrogens (tertiary/aromatic N) is 1. The summed E-state index contributed by atoms with van der Waals surface area (Å²) in [6.07, 6.45) is 5.82. The summed E-state index contributed by atoms with van der Waals surface area (Å²) < 4.78 is 0. The van der Waals surface area contributed by atoms with Crippen LogP contribution in [0.3, 0.4) is 0 Å². The fourth-order valence-electron chi connectivity index (χ4n) is 1.61. The van der Waals surface area contributed by atoms with Gasteiger partial charge in [0.2, 0.25) is 0 Å². The van der Waals surface area contributed by atoms with E-state index in [0.29, 0.717) is 22.9 Å². The second-order valence-corrected chi connectivity index (χ2v) is 4.85. The van der Waals surface area contributed by atoms with Crippen LogP contribution in [0.1, 0.15) is 49.9 Å². The molecule has 0 radical (unpaired) electrons. The predicted molar refractivity (Wildman–Crippen MR) is 79.9 cm³/mol. The van der Waals surface area contributed by atoms with Gasteiger partial charge in [-0.15, -0.1) is 0 Å². The van der Waals surface area contributed by atoms with Crippen molar-refractivity contribution in [2.75, 3.05) is 18.4 Å². The summed E-state index contributed by atoms with van der Waals surface area (Å²) in [5.74, 6) is 0.513. The summed E-state index contributed by atoms with van der Waals surface area (Å²) in [6.45, 7) is 5.71. The molecular formula is C14H22ClN3O. The third kappa shape index (κ3) is 5.47. The van der Waals surface area contributed by atoms with Crippen molar-refractivity contribution in [3.63, 3.8) is 0 Å². The number of pyridine rings is 1. The third-order valence-electron chi connectivity index (χ3n) is 2.71. The average Bonchev–Trinajstić information content (AvgIpc) is 2.42. The number of carbonyl (C=O) groups is 1. The molecule has 0 aromatic carbocycles. The van der Waals surface area contributed by atoms with E-state index in [2.05, 4.69) is 29.5 Å². The molecule has 19 heavy (non-hydrogen) atoms. The predicted octanol–water partition coefficient (Wildman–Crippen LogP) is 3.48. The van der Waals surface area contributed by atoms with Crippen LogP contribution in [0.2, 0.25) is 5.02 Å². The van der Waals surface area contributed by atoms with Crippen LogP contribution in [-0.4, -0.2) is 24.0 Å². The number of hydrogen-bond donors (Lipinski definition) is 2. The Labute approximate surface area is 120 Å². The topological polar surface area (TPSA) is 54.0 Å². The zero-order chi connectivity index (χ0) is 14.1. The van der Waals surface area contributed by atoms with Crippen LogP contribution < -0.4 is 10.6 Å². The highest BCUT2D eigenvalue weighted by Crippen LogP contribution is 2.19. The van der Waals surface area contributed by atoms with Crippen molar-refractivity contribution in [1.82, 2.24) is 10.3 Å². The molecule has 0 fully saturated rings. The van der Waals surface area contributed by atoms with Gasteiger partial charge in [-0.25, -0.2) is 4.98 Å². The highest BCUT2D eigenvalue weighted by molar-refractivity contribution is 6.33. The first kappa shape index (κ1) is 15.8. The van der Waals surface area contributed by atoms with Crippen LogP contribution in [-0.2, 0) is 0 Å². The molecule has 0 unspecified atom stereocenters. The van der Waals surface area contributed by atoms with E-state index in [0.717, 1.165) is 32.2 Å². The van der Waals surface area contributed by atoms with E-state index < -0.39 is 0 Å². The summed E-state index contributed by atoms with van der Waals surface area (Å²) in [4.78, 5) is 16.0. The quantitative estimate of drug-likeness (QED) is 0.718. The van der Waals surface area contributed by atoms with Crippen molar-refractivity contribution in [3.05, 3.63) is 22.8 Å². The van der Waals surface area contributed by atoms with E-state index in [9.17, 15) is 4.79 Å². The Hall–Kier alpha value is -1.29. The number of anilines is 1. The zero-order valence-electron chi connectivity index (χ0n) is 11.6. The molecule has 5 heteroatoms. The van der Waals surface area contributed by atoms with Gasteiger partial charge in [-0.05, 0) is 18.9 Å².